The lowest BCUT2D eigenvalue weighted by atomic mass is 9.84. The van der Waals surface area contributed by atoms with E-state index in [0.717, 1.165) is 0 Å². The molecule has 12 heteroatoms. The maximum atomic E-state index is 13.2. The van der Waals surface area contributed by atoms with Crippen LogP contribution in [0.1, 0.15) is 22.5 Å². The van der Waals surface area contributed by atoms with Gasteiger partial charge in [-0.15, -0.1) is 13.2 Å². The van der Waals surface area contributed by atoms with Crippen LogP contribution in [0.15, 0.2) is 36.5 Å². The molecule has 2 fully saturated rings. The highest BCUT2D eigenvalue weighted by atomic mass is 19.4. The minimum Gasteiger partial charge on any atom is -0.497 e. The second-order valence-electron chi connectivity index (χ2n) is 7.90. The molecule has 190 valence electrons. The molecule has 0 radical (unpaired) electrons. The number of ether oxygens (including phenoxy) is 6. The lowest BCUT2D eigenvalue weighted by molar-refractivity contribution is -0.325. The van der Waals surface area contributed by atoms with Crippen LogP contribution >= 0.6 is 0 Å². The molecule has 35 heavy (non-hydrogen) atoms. The smallest absolute Gasteiger partial charge is 0.497 e. The van der Waals surface area contributed by atoms with E-state index in [1.54, 1.807) is 24.3 Å². The number of methoxy groups -OCH3 is 2. The number of rotatable bonds is 8. The van der Waals surface area contributed by atoms with Gasteiger partial charge in [0, 0.05) is 30.8 Å². The summed E-state index contributed by atoms with van der Waals surface area (Å²) in [5.41, 5.74) is 0.245. The predicted molar refractivity (Wildman–Crippen MR) is 114 cm³/mol. The van der Waals surface area contributed by atoms with E-state index in [0.29, 0.717) is 30.0 Å². The van der Waals surface area contributed by atoms with E-state index in [1.807, 2.05) is 6.07 Å². The number of piperidine rings is 1. The number of hydrogen-bond acceptors (Lipinski definition) is 8. The normalized spacial score (nSPS) is 22.0. The second kappa shape index (κ2) is 10.3. The van der Waals surface area contributed by atoms with Crippen molar-refractivity contribution < 1.29 is 46.4 Å². The number of pyridine rings is 1. The van der Waals surface area contributed by atoms with Crippen LogP contribution in [0.2, 0.25) is 0 Å². The number of halogens is 3. The number of carbonyl (C=O) groups is 1. The largest absolute Gasteiger partial charge is 0.522 e. The van der Waals surface area contributed by atoms with Crippen LogP contribution in [0.4, 0.5) is 13.2 Å². The van der Waals surface area contributed by atoms with Crippen LogP contribution in [0.3, 0.4) is 0 Å². The van der Waals surface area contributed by atoms with E-state index >= 15 is 0 Å². The first-order chi connectivity index (χ1) is 16.8. The van der Waals surface area contributed by atoms with E-state index in [2.05, 4.69) is 9.72 Å². The number of aromatic nitrogens is 1. The molecule has 1 amide bonds. The third-order valence-corrected chi connectivity index (χ3v) is 5.95. The fourth-order valence-electron chi connectivity index (χ4n) is 4.21. The molecule has 2 aliphatic heterocycles. The van der Waals surface area contributed by atoms with Gasteiger partial charge in [0.2, 0.25) is 0 Å². The summed E-state index contributed by atoms with van der Waals surface area (Å²) >= 11 is 0. The topological polar surface area (TPSA) is 88.6 Å². The maximum absolute atomic E-state index is 13.2. The van der Waals surface area contributed by atoms with Crippen LogP contribution in [-0.2, 0) is 19.8 Å². The van der Waals surface area contributed by atoms with Gasteiger partial charge < -0.3 is 28.6 Å². The van der Waals surface area contributed by atoms with Crippen molar-refractivity contribution in [2.45, 2.75) is 24.5 Å². The third-order valence-electron chi connectivity index (χ3n) is 5.95. The summed E-state index contributed by atoms with van der Waals surface area (Å²) in [6, 6.07) is 8.04. The summed E-state index contributed by atoms with van der Waals surface area (Å²) in [4.78, 5) is 19.3. The highest BCUT2D eigenvalue weighted by Gasteiger charge is 2.52. The van der Waals surface area contributed by atoms with Gasteiger partial charge in [-0.1, -0.05) is 0 Å². The van der Waals surface area contributed by atoms with Crippen LogP contribution in [0.5, 0.6) is 17.2 Å². The number of likely N-dealkylation sites (tertiary alicyclic amines) is 1. The Hall–Kier alpha value is -3.09. The highest BCUT2D eigenvalue weighted by molar-refractivity contribution is 5.95. The van der Waals surface area contributed by atoms with Crippen molar-refractivity contribution in [3.63, 3.8) is 0 Å². The van der Waals surface area contributed by atoms with Gasteiger partial charge in [0.25, 0.3) is 5.91 Å². The van der Waals surface area contributed by atoms with E-state index in [-0.39, 0.29) is 37.4 Å². The molecule has 0 unspecified atom stereocenters. The zero-order valence-corrected chi connectivity index (χ0v) is 19.2. The van der Waals surface area contributed by atoms with Crippen LogP contribution in [0.25, 0.3) is 0 Å². The minimum absolute atomic E-state index is 0.0868. The Bertz CT molecular complexity index is 1050. The van der Waals surface area contributed by atoms with Crippen molar-refractivity contribution in [1.82, 2.24) is 9.88 Å². The third kappa shape index (κ3) is 5.44. The molecule has 0 aliphatic carbocycles. The molecule has 0 N–H and O–H groups in total. The number of hydrogen-bond donors (Lipinski definition) is 0. The van der Waals surface area contributed by atoms with Crippen molar-refractivity contribution in [2.75, 3.05) is 47.3 Å². The van der Waals surface area contributed by atoms with E-state index in [4.69, 9.17) is 23.7 Å². The maximum Gasteiger partial charge on any atom is 0.522 e. The van der Waals surface area contributed by atoms with Crippen molar-refractivity contribution in [3.8, 4) is 17.2 Å². The van der Waals surface area contributed by atoms with Gasteiger partial charge in [0.05, 0.1) is 33.1 Å². The second-order valence-corrected chi connectivity index (χ2v) is 7.90. The first kappa shape index (κ1) is 25.0. The van der Waals surface area contributed by atoms with Gasteiger partial charge >= 0.3 is 6.36 Å². The quantitative estimate of drug-likeness (QED) is 0.513. The Balaban J connectivity index is 1.44. The number of benzene rings is 1. The van der Waals surface area contributed by atoms with Crippen LogP contribution in [-0.4, -0.2) is 75.6 Å². The fraction of sp³-hybridized carbons (Fsp3) is 0.478. The summed E-state index contributed by atoms with van der Waals surface area (Å²) in [7, 11) is 2.95. The van der Waals surface area contributed by atoms with Crippen molar-refractivity contribution in [2.24, 2.45) is 0 Å². The van der Waals surface area contributed by atoms with E-state index < -0.39 is 24.7 Å². The van der Waals surface area contributed by atoms with Crippen molar-refractivity contribution in [1.29, 1.82) is 0 Å². The predicted octanol–water partition coefficient (Wildman–Crippen LogP) is 3.13. The molecule has 0 spiro atoms. The zero-order chi connectivity index (χ0) is 25.1. The standard InChI is InChI=1S/C23H25F3N2O7/c1-30-16-5-7-27-19(12-16)22-6-8-28(13-20(22)33-14-35-22)21(29)15-3-4-17(18(11-15)31-2)32-9-10-34-23(24,25)26/h3-5,7,11-12,20H,6,8-10,13-14H2,1-2H3/t20-,22-/m1/s1. The monoisotopic (exact) mass is 498 g/mol. The number of fused-ring (bicyclic) bond motifs is 1. The molecule has 2 atom stereocenters. The lowest BCUT2D eigenvalue weighted by Gasteiger charge is -2.41. The van der Waals surface area contributed by atoms with Gasteiger partial charge in [-0.2, -0.15) is 0 Å². The molecule has 3 heterocycles. The van der Waals surface area contributed by atoms with Crippen molar-refractivity contribution >= 4 is 5.91 Å². The molecule has 9 nitrogen and oxygen atoms in total. The zero-order valence-electron chi connectivity index (χ0n) is 19.2. The Labute approximate surface area is 199 Å². The first-order valence-electron chi connectivity index (χ1n) is 10.8. The van der Waals surface area contributed by atoms with Gasteiger partial charge in [-0.05, 0) is 24.3 Å². The molecule has 2 aliphatic rings. The van der Waals surface area contributed by atoms with Gasteiger partial charge in [0.15, 0.2) is 11.5 Å². The number of nitrogens with zero attached hydrogens (tertiary/aromatic N) is 2. The Kier molecular flexibility index (Phi) is 7.33. The first-order valence-corrected chi connectivity index (χ1v) is 10.8. The van der Waals surface area contributed by atoms with E-state index in [1.165, 1.54) is 25.3 Å². The molecular formula is C23H25F3N2O7. The molecule has 1 aromatic heterocycles. The van der Waals surface area contributed by atoms with Crippen molar-refractivity contribution in [3.05, 3.63) is 47.8 Å². The van der Waals surface area contributed by atoms with Crippen LogP contribution in [0, 0.1) is 0 Å². The number of amides is 1. The summed E-state index contributed by atoms with van der Waals surface area (Å²) < 4.78 is 67.7. The van der Waals surface area contributed by atoms with E-state index in [9.17, 15) is 18.0 Å². The minimum atomic E-state index is -4.73. The van der Waals surface area contributed by atoms with Gasteiger partial charge in [-0.3, -0.25) is 14.5 Å². The number of alkyl halides is 3. The Morgan fingerprint density at radius 1 is 1.17 bits per heavy atom. The molecule has 2 saturated heterocycles. The Morgan fingerprint density at radius 2 is 2.00 bits per heavy atom. The van der Waals surface area contributed by atoms with Crippen LogP contribution < -0.4 is 14.2 Å². The SMILES string of the molecule is COc1ccnc([C@]23CCN(C(=O)c4ccc(OCCOC(F)(F)F)c(OC)c4)C[C@H]2OCO3)c1. The molecule has 0 bridgehead atoms. The average Bonchev–Trinajstić information content (AvgIpc) is 3.30. The molecule has 2 aromatic rings. The summed E-state index contributed by atoms with van der Waals surface area (Å²) in [5.74, 6) is 0.814. The molecule has 4 rings (SSSR count). The van der Waals surface area contributed by atoms with Gasteiger partial charge in [0.1, 0.15) is 30.9 Å². The summed E-state index contributed by atoms with van der Waals surface area (Å²) in [6.07, 6.45) is -3.03. The average molecular weight is 498 g/mol. The van der Waals surface area contributed by atoms with Gasteiger partial charge in [-0.25, -0.2) is 0 Å². The molecule has 1 aromatic carbocycles. The Morgan fingerprint density at radius 3 is 2.74 bits per heavy atom. The summed E-state index contributed by atoms with van der Waals surface area (Å²) in [5, 5.41) is 0. The summed E-state index contributed by atoms with van der Waals surface area (Å²) in [6.45, 7) is -0.243. The lowest BCUT2D eigenvalue weighted by Crippen LogP contribution is -2.53. The number of carbonyl (C=O) groups excluding carboxylic acids is 1. The fourth-order valence-corrected chi connectivity index (χ4v) is 4.21. The molecular weight excluding hydrogens is 473 g/mol. The highest BCUT2D eigenvalue weighted by Crippen LogP contribution is 2.42. The molecule has 0 saturated carbocycles.